The molecular weight excluding hydrogens is 479 g/mol. The van der Waals surface area contributed by atoms with Gasteiger partial charge in [0.2, 0.25) is 11.8 Å². The van der Waals surface area contributed by atoms with Crippen molar-refractivity contribution in [3.63, 3.8) is 0 Å². The first-order chi connectivity index (χ1) is 17.2. The van der Waals surface area contributed by atoms with E-state index in [1.165, 1.54) is 16.9 Å². The van der Waals surface area contributed by atoms with Crippen molar-refractivity contribution in [2.24, 2.45) is 5.92 Å². The number of alkyl carbamates (subject to hydrolysis) is 1. The summed E-state index contributed by atoms with van der Waals surface area (Å²) in [4.78, 5) is 66.6. The average Bonchev–Trinajstić information content (AvgIpc) is 2.83. The maximum Gasteiger partial charge on any atom is 0.410 e. The van der Waals surface area contributed by atoms with E-state index in [-0.39, 0.29) is 37.9 Å². The topological polar surface area (TPSA) is 134 Å². The van der Waals surface area contributed by atoms with Gasteiger partial charge < -0.3 is 29.9 Å². The molecule has 0 aliphatic carbocycles. The van der Waals surface area contributed by atoms with E-state index in [2.05, 4.69) is 15.4 Å². The zero-order valence-electron chi connectivity index (χ0n) is 22.6. The Kier molecular flexibility index (Phi) is 10.1. The Morgan fingerprint density at radius 3 is 2.24 bits per heavy atom. The van der Waals surface area contributed by atoms with E-state index in [0.29, 0.717) is 5.56 Å². The molecule has 11 nitrogen and oxygen atoms in total. The number of nitrogens with zero attached hydrogens (tertiary/aromatic N) is 2. The van der Waals surface area contributed by atoms with Crippen LogP contribution < -0.4 is 16.1 Å². The zero-order valence-corrected chi connectivity index (χ0v) is 22.6. The number of piperazine rings is 1. The monoisotopic (exact) mass is 516 g/mol. The molecule has 1 fully saturated rings. The Labute approximate surface area is 218 Å². The molecular formula is C25H37BN4O7. The number of nitrogens with one attached hydrogen (secondary N) is 2. The van der Waals surface area contributed by atoms with Gasteiger partial charge in [-0.05, 0) is 26.7 Å². The van der Waals surface area contributed by atoms with E-state index in [0.717, 1.165) is 5.46 Å². The van der Waals surface area contributed by atoms with E-state index in [4.69, 9.17) is 4.74 Å². The number of ketones is 1. The standard InChI is InChI=1S/C25H37BN4O7/c1-15(2)20(28-23(34)36-6)22(33)30-12-11-29(24(35)37-25(3,4)5)14-18(30)21(32)27-13-19(31)16-7-9-17(26)10-8-16/h7-10,15,18,20H,11-14,26H2,1-6H3,(H,27,32)(H,28,34)/t18-,20-/m0/s1. The number of benzene rings is 1. The molecule has 0 aromatic heterocycles. The van der Waals surface area contributed by atoms with Gasteiger partial charge in [0, 0.05) is 18.7 Å². The predicted octanol–water partition coefficient (Wildman–Crippen LogP) is 0.0724. The molecule has 12 heteroatoms. The summed E-state index contributed by atoms with van der Waals surface area (Å²) in [5.74, 6) is -1.68. The number of methoxy groups -OCH3 is 1. The first-order valence-electron chi connectivity index (χ1n) is 12.2. The lowest BCUT2D eigenvalue weighted by Crippen LogP contribution is -2.65. The van der Waals surface area contributed by atoms with Crippen molar-refractivity contribution in [3.8, 4) is 0 Å². The quantitative estimate of drug-likeness (QED) is 0.387. The average molecular weight is 516 g/mol. The minimum absolute atomic E-state index is 0.0359. The highest BCUT2D eigenvalue weighted by Crippen LogP contribution is 2.18. The third kappa shape index (κ3) is 8.50. The maximum absolute atomic E-state index is 13.5. The number of amides is 4. The zero-order chi connectivity index (χ0) is 27.9. The number of carbonyl (C=O) groups excluding carboxylic acids is 5. The molecule has 4 amide bonds. The van der Waals surface area contributed by atoms with E-state index < -0.39 is 41.7 Å². The Hall–Kier alpha value is -3.57. The van der Waals surface area contributed by atoms with Gasteiger partial charge in [-0.1, -0.05) is 43.6 Å². The summed E-state index contributed by atoms with van der Waals surface area (Å²) >= 11 is 0. The first-order valence-corrected chi connectivity index (χ1v) is 12.2. The Bertz CT molecular complexity index is 1010. The smallest absolute Gasteiger partial charge is 0.410 e. The van der Waals surface area contributed by atoms with Gasteiger partial charge in [0.15, 0.2) is 5.78 Å². The number of carbonyl (C=O) groups is 5. The minimum Gasteiger partial charge on any atom is -0.453 e. The van der Waals surface area contributed by atoms with Crippen LogP contribution in [0.25, 0.3) is 0 Å². The lowest BCUT2D eigenvalue weighted by atomic mass is 9.94. The van der Waals surface area contributed by atoms with Crippen LogP contribution in [0.4, 0.5) is 9.59 Å². The summed E-state index contributed by atoms with van der Waals surface area (Å²) in [6.45, 7) is 8.47. The van der Waals surface area contributed by atoms with E-state index >= 15 is 0 Å². The summed E-state index contributed by atoms with van der Waals surface area (Å²) in [5.41, 5.74) is 0.703. The molecule has 1 aliphatic heterocycles. The summed E-state index contributed by atoms with van der Waals surface area (Å²) < 4.78 is 10.1. The number of hydrogen-bond donors (Lipinski definition) is 2. The minimum atomic E-state index is -1.10. The summed E-state index contributed by atoms with van der Waals surface area (Å²) in [7, 11) is 3.10. The molecule has 2 N–H and O–H groups in total. The molecule has 37 heavy (non-hydrogen) atoms. The molecule has 1 aromatic rings. The molecule has 1 aromatic carbocycles. The lowest BCUT2D eigenvalue weighted by molar-refractivity contribution is -0.146. The molecule has 2 rings (SSSR count). The second-order valence-corrected chi connectivity index (χ2v) is 10.3. The van der Waals surface area contributed by atoms with Crippen molar-refractivity contribution in [2.45, 2.75) is 52.3 Å². The van der Waals surface area contributed by atoms with Crippen LogP contribution >= 0.6 is 0 Å². The Morgan fingerprint density at radius 1 is 1.08 bits per heavy atom. The van der Waals surface area contributed by atoms with Gasteiger partial charge in [-0.25, -0.2) is 9.59 Å². The van der Waals surface area contributed by atoms with E-state index in [1.54, 1.807) is 58.9 Å². The summed E-state index contributed by atoms with van der Waals surface area (Å²) in [6.07, 6.45) is -1.38. The molecule has 0 unspecified atom stereocenters. The summed E-state index contributed by atoms with van der Waals surface area (Å²) in [5, 5.41) is 5.13. The number of hydrogen-bond acceptors (Lipinski definition) is 7. The normalized spacial score (nSPS) is 16.6. The Morgan fingerprint density at radius 2 is 1.70 bits per heavy atom. The molecule has 2 atom stereocenters. The molecule has 0 radical (unpaired) electrons. The van der Waals surface area contributed by atoms with Gasteiger partial charge in [-0.2, -0.15) is 0 Å². The molecule has 202 valence electrons. The van der Waals surface area contributed by atoms with Crippen LogP contribution in [0.3, 0.4) is 0 Å². The fourth-order valence-electron chi connectivity index (χ4n) is 3.77. The van der Waals surface area contributed by atoms with Gasteiger partial charge in [0.1, 0.15) is 25.5 Å². The molecule has 0 spiro atoms. The predicted molar refractivity (Wildman–Crippen MR) is 139 cm³/mol. The van der Waals surface area contributed by atoms with Gasteiger partial charge in [-0.15, -0.1) is 0 Å². The van der Waals surface area contributed by atoms with Gasteiger partial charge in [-0.3, -0.25) is 14.4 Å². The van der Waals surface area contributed by atoms with Crippen molar-refractivity contribution in [3.05, 3.63) is 29.8 Å². The third-order valence-electron chi connectivity index (χ3n) is 5.81. The second kappa shape index (κ2) is 12.6. The lowest BCUT2D eigenvalue weighted by Gasteiger charge is -2.42. The molecule has 1 aliphatic rings. The third-order valence-corrected chi connectivity index (χ3v) is 5.81. The number of Topliss-reactive ketones (excluding diaryl/α,β-unsaturated/α-hetero) is 1. The van der Waals surface area contributed by atoms with E-state index in [1.807, 2.05) is 7.85 Å². The molecule has 1 saturated heterocycles. The molecule has 1 heterocycles. The summed E-state index contributed by atoms with van der Waals surface area (Å²) in [6, 6.07) is 4.91. The van der Waals surface area contributed by atoms with Crippen LogP contribution in [0.1, 0.15) is 45.0 Å². The van der Waals surface area contributed by atoms with Crippen LogP contribution in [0.15, 0.2) is 24.3 Å². The molecule has 0 saturated carbocycles. The van der Waals surface area contributed by atoms with Crippen molar-refractivity contribution in [2.75, 3.05) is 33.3 Å². The highest BCUT2D eigenvalue weighted by atomic mass is 16.6. The van der Waals surface area contributed by atoms with Crippen LogP contribution in [0.2, 0.25) is 0 Å². The highest BCUT2D eigenvalue weighted by molar-refractivity contribution is 6.32. The van der Waals surface area contributed by atoms with Crippen LogP contribution in [-0.4, -0.2) is 98.4 Å². The van der Waals surface area contributed by atoms with Gasteiger partial charge >= 0.3 is 12.2 Å². The van der Waals surface area contributed by atoms with E-state index in [9.17, 15) is 24.0 Å². The van der Waals surface area contributed by atoms with Crippen molar-refractivity contribution >= 4 is 43.1 Å². The number of ether oxygens (including phenoxy) is 2. The van der Waals surface area contributed by atoms with Crippen LogP contribution in [0.5, 0.6) is 0 Å². The number of rotatable bonds is 7. The SMILES string of the molecule is Bc1ccc(C(=O)CNC(=O)[C@@H]2CN(C(=O)OC(C)(C)C)CCN2C(=O)[C@@H](NC(=O)OC)C(C)C)cc1. The first kappa shape index (κ1) is 29.7. The molecule has 0 bridgehead atoms. The fourth-order valence-corrected chi connectivity index (χ4v) is 3.77. The van der Waals surface area contributed by atoms with Crippen molar-refractivity contribution in [1.29, 1.82) is 0 Å². The Balaban J connectivity index is 2.24. The van der Waals surface area contributed by atoms with Gasteiger partial charge in [0.05, 0.1) is 20.2 Å². The second-order valence-electron chi connectivity index (χ2n) is 10.3. The van der Waals surface area contributed by atoms with Crippen LogP contribution in [0, 0.1) is 5.92 Å². The highest BCUT2D eigenvalue weighted by Gasteiger charge is 2.41. The van der Waals surface area contributed by atoms with Gasteiger partial charge in [0.25, 0.3) is 0 Å². The van der Waals surface area contributed by atoms with Crippen molar-refractivity contribution < 1.29 is 33.4 Å². The van der Waals surface area contributed by atoms with Crippen molar-refractivity contribution in [1.82, 2.24) is 20.4 Å². The largest absolute Gasteiger partial charge is 0.453 e. The maximum atomic E-state index is 13.5. The fraction of sp³-hybridized carbons (Fsp3) is 0.560. The van der Waals surface area contributed by atoms with Crippen LogP contribution in [-0.2, 0) is 19.1 Å².